The van der Waals surface area contributed by atoms with Gasteiger partial charge in [0.25, 0.3) is 5.91 Å². The van der Waals surface area contributed by atoms with E-state index in [9.17, 15) is 4.79 Å². The maximum Gasteiger partial charge on any atom is 0.251 e. The zero-order valence-corrected chi connectivity index (χ0v) is 8.56. The Balaban J connectivity index is 2.49. The fourth-order valence-electron chi connectivity index (χ4n) is 1.32. The van der Waals surface area contributed by atoms with Gasteiger partial charge in [0.05, 0.1) is 0 Å². The number of nitrogens with one attached hydrogen (secondary N) is 2. The molecule has 0 unspecified atom stereocenters. The van der Waals surface area contributed by atoms with Crippen LogP contribution in [0.25, 0.3) is 11.4 Å². The molecule has 2 rings (SSSR count). The molecule has 16 heavy (non-hydrogen) atoms. The lowest BCUT2D eigenvalue weighted by molar-refractivity contribution is 0.0963. The molecule has 0 aliphatic carbocycles. The molecule has 0 saturated heterocycles. The molecule has 7 nitrogen and oxygen atoms in total. The highest BCUT2D eigenvalue weighted by Gasteiger charge is 2.10. The number of tetrazole rings is 1. The minimum Gasteiger partial charge on any atom is -0.398 e. The largest absolute Gasteiger partial charge is 0.398 e. The molecule has 1 heterocycles. The van der Waals surface area contributed by atoms with Gasteiger partial charge in [-0.15, -0.1) is 5.10 Å². The Morgan fingerprint density at radius 1 is 1.50 bits per heavy atom. The van der Waals surface area contributed by atoms with Crippen LogP contribution in [0.1, 0.15) is 10.4 Å². The normalized spacial score (nSPS) is 10.1. The predicted octanol–water partition coefficient (Wildman–Crippen LogP) is -0.192. The van der Waals surface area contributed by atoms with Crippen molar-refractivity contribution in [2.75, 3.05) is 12.8 Å². The van der Waals surface area contributed by atoms with Crippen LogP contribution in [0.5, 0.6) is 0 Å². The Morgan fingerprint density at radius 3 is 2.94 bits per heavy atom. The first kappa shape index (κ1) is 10.1. The Bertz CT molecular complexity index is 507. The van der Waals surface area contributed by atoms with Gasteiger partial charge in [-0.1, -0.05) is 0 Å². The lowest BCUT2D eigenvalue weighted by atomic mass is 10.1. The zero-order valence-electron chi connectivity index (χ0n) is 8.56. The predicted molar refractivity (Wildman–Crippen MR) is 57.4 cm³/mol. The van der Waals surface area contributed by atoms with Crippen molar-refractivity contribution >= 4 is 11.6 Å². The number of H-pyrrole nitrogens is 1. The number of nitrogens with two attached hydrogens (primary N) is 1. The van der Waals surface area contributed by atoms with Gasteiger partial charge in [-0.3, -0.25) is 4.79 Å². The Kier molecular flexibility index (Phi) is 2.50. The number of anilines is 1. The van der Waals surface area contributed by atoms with Crippen LogP contribution in [0.3, 0.4) is 0 Å². The van der Waals surface area contributed by atoms with Crippen molar-refractivity contribution in [2.24, 2.45) is 0 Å². The number of amides is 1. The van der Waals surface area contributed by atoms with Crippen molar-refractivity contribution in [1.82, 2.24) is 25.9 Å². The smallest absolute Gasteiger partial charge is 0.251 e. The molecule has 4 N–H and O–H groups in total. The molecular formula is C9H10N6O. The van der Waals surface area contributed by atoms with Crippen molar-refractivity contribution in [3.63, 3.8) is 0 Å². The van der Waals surface area contributed by atoms with Gasteiger partial charge in [0.2, 0.25) is 0 Å². The molecular weight excluding hydrogens is 208 g/mol. The minimum absolute atomic E-state index is 0.186. The van der Waals surface area contributed by atoms with E-state index in [1.807, 2.05) is 0 Å². The number of carbonyl (C=O) groups excluding carboxylic acids is 1. The number of nitrogens with zero attached hydrogens (tertiary/aromatic N) is 3. The maximum absolute atomic E-state index is 11.4. The van der Waals surface area contributed by atoms with Crippen molar-refractivity contribution in [3.05, 3.63) is 23.8 Å². The van der Waals surface area contributed by atoms with E-state index >= 15 is 0 Å². The molecule has 82 valence electrons. The van der Waals surface area contributed by atoms with Gasteiger partial charge in [0.15, 0.2) is 5.82 Å². The van der Waals surface area contributed by atoms with Crippen LogP contribution in [0, 0.1) is 0 Å². The van der Waals surface area contributed by atoms with E-state index in [1.54, 1.807) is 25.2 Å². The van der Waals surface area contributed by atoms with Gasteiger partial charge < -0.3 is 11.1 Å². The highest BCUT2D eigenvalue weighted by molar-refractivity contribution is 5.96. The van der Waals surface area contributed by atoms with Gasteiger partial charge in [-0.05, 0) is 28.6 Å². The van der Waals surface area contributed by atoms with Crippen LogP contribution in [0.2, 0.25) is 0 Å². The summed E-state index contributed by atoms with van der Waals surface area (Å²) in [5.41, 5.74) is 7.39. The summed E-state index contributed by atoms with van der Waals surface area (Å²) in [6.45, 7) is 0. The second-order valence-corrected chi connectivity index (χ2v) is 3.13. The molecule has 0 atom stereocenters. The molecule has 0 fully saturated rings. The van der Waals surface area contributed by atoms with E-state index in [2.05, 4.69) is 25.9 Å². The van der Waals surface area contributed by atoms with Gasteiger partial charge >= 0.3 is 0 Å². The second kappa shape index (κ2) is 3.97. The summed E-state index contributed by atoms with van der Waals surface area (Å²) in [4.78, 5) is 11.4. The van der Waals surface area contributed by atoms with Crippen LogP contribution in [0.15, 0.2) is 18.2 Å². The molecule has 0 aliphatic heterocycles. The lowest BCUT2D eigenvalue weighted by Gasteiger charge is -2.04. The highest BCUT2D eigenvalue weighted by atomic mass is 16.1. The van der Waals surface area contributed by atoms with Crippen molar-refractivity contribution in [2.45, 2.75) is 0 Å². The number of rotatable bonds is 2. The highest BCUT2D eigenvalue weighted by Crippen LogP contribution is 2.22. The second-order valence-electron chi connectivity index (χ2n) is 3.13. The third kappa shape index (κ3) is 1.70. The van der Waals surface area contributed by atoms with E-state index in [0.29, 0.717) is 22.6 Å². The summed E-state index contributed by atoms with van der Waals surface area (Å²) < 4.78 is 0. The van der Waals surface area contributed by atoms with Crippen LogP contribution in [-0.2, 0) is 0 Å². The van der Waals surface area contributed by atoms with Crippen LogP contribution in [0.4, 0.5) is 5.69 Å². The average Bonchev–Trinajstić information content (AvgIpc) is 2.82. The average molecular weight is 218 g/mol. The molecule has 0 bridgehead atoms. The summed E-state index contributed by atoms with van der Waals surface area (Å²) in [6.07, 6.45) is 0. The Morgan fingerprint density at radius 2 is 2.31 bits per heavy atom. The van der Waals surface area contributed by atoms with Crippen LogP contribution >= 0.6 is 0 Å². The van der Waals surface area contributed by atoms with E-state index in [1.165, 1.54) is 0 Å². The summed E-state index contributed by atoms with van der Waals surface area (Å²) >= 11 is 0. The summed E-state index contributed by atoms with van der Waals surface area (Å²) in [5, 5.41) is 15.8. The first-order valence-corrected chi connectivity index (χ1v) is 4.58. The number of hydrogen-bond acceptors (Lipinski definition) is 5. The third-order valence-electron chi connectivity index (χ3n) is 2.14. The number of carbonyl (C=O) groups is 1. The number of nitrogen functional groups attached to an aromatic ring is 1. The fraction of sp³-hybridized carbons (Fsp3) is 0.111. The van der Waals surface area contributed by atoms with Gasteiger partial charge in [0.1, 0.15) is 0 Å². The number of hydrogen-bond donors (Lipinski definition) is 3. The Hall–Kier alpha value is -2.44. The molecule has 0 saturated carbocycles. The fourth-order valence-corrected chi connectivity index (χ4v) is 1.32. The van der Waals surface area contributed by atoms with Crippen LogP contribution in [-0.4, -0.2) is 33.6 Å². The molecule has 1 aromatic carbocycles. The topological polar surface area (TPSA) is 110 Å². The number of benzene rings is 1. The number of aromatic amines is 1. The summed E-state index contributed by atoms with van der Waals surface area (Å²) in [7, 11) is 1.56. The molecule has 1 amide bonds. The molecule has 2 aromatic rings. The molecule has 1 aromatic heterocycles. The quantitative estimate of drug-likeness (QED) is 0.605. The SMILES string of the molecule is CNC(=O)c1ccc(N)c(-c2nnn[nH]2)c1. The van der Waals surface area contributed by atoms with Gasteiger partial charge in [-0.25, -0.2) is 5.10 Å². The van der Waals surface area contributed by atoms with Gasteiger partial charge in [0, 0.05) is 23.9 Å². The lowest BCUT2D eigenvalue weighted by Crippen LogP contribution is -2.17. The van der Waals surface area contributed by atoms with E-state index in [4.69, 9.17) is 5.73 Å². The summed E-state index contributed by atoms with van der Waals surface area (Å²) in [5.74, 6) is 0.247. The monoisotopic (exact) mass is 218 g/mol. The van der Waals surface area contributed by atoms with E-state index in [0.717, 1.165) is 0 Å². The first-order valence-electron chi connectivity index (χ1n) is 4.58. The molecule has 0 spiro atoms. The minimum atomic E-state index is -0.186. The first-order chi connectivity index (χ1) is 7.72. The summed E-state index contributed by atoms with van der Waals surface area (Å²) in [6, 6.07) is 4.92. The maximum atomic E-state index is 11.4. The van der Waals surface area contributed by atoms with Crippen molar-refractivity contribution in [3.8, 4) is 11.4 Å². The van der Waals surface area contributed by atoms with E-state index < -0.39 is 0 Å². The molecule has 7 heteroatoms. The zero-order chi connectivity index (χ0) is 11.5. The van der Waals surface area contributed by atoms with Gasteiger partial charge in [-0.2, -0.15) is 0 Å². The van der Waals surface area contributed by atoms with Crippen molar-refractivity contribution in [1.29, 1.82) is 0 Å². The van der Waals surface area contributed by atoms with Crippen molar-refractivity contribution < 1.29 is 4.79 Å². The van der Waals surface area contributed by atoms with Crippen LogP contribution < -0.4 is 11.1 Å². The number of aromatic nitrogens is 4. The van der Waals surface area contributed by atoms with E-state index in [-0.39, 0.29) is 5.91 Å². The molecule has 0 aliphatic rings. The third-order valence-corrected chi connectivity index (χ3v) is 2.14. The molecule has 0 radical (unpaired) electrons. The Labute approximate surface area is 91.0 Å². The standard InChI is InChI=1S/C9H10N6O/c1-11-9(16)5-2-3-7(10)6(4-5)8-12-14-15-13-8/h2-4H,10H2,1H3,(H,11,16)(H,12,13,14,15).